The topological polar surface area (TPSA) is 0 Å². The lowest BCUT2D eigenvalue weighted by atomic mass is 9.81. The normalized spacial score (nSPS) is 13.2. The first-order valence-corrected chi connectivity index (χ1v) is 18.7. The standard InChI is InChI=1S/C53H36/c1-53(2)48-28-27-34-14-4-6-19-42(34)52(48)47-31-39-30-38(26-25-35(39)32-49(47)53)51-45-22-9-7-20-43(45)50(44-21-8-10-23-46(44)51)37-17-11-16-36(29-37)41-24-12-15-33-13-3-5-18-40(33)41/h3-32H,1-2H3. The molecule has 1 aliphatic carbocycles. The van der Waals surface area contributed by atoms with Crippen molar-refractivity contribution in [2.45, 2.75) is 19.3 Å². The van der Waals surface area contributed by atoms with E-state index in [0.717, 1.165) is 0 Å². The van der Waals surface area contributed by atoms with Gasteiger partial charge < -0.3 is 0 Å². The smallest absolute Gasteiger partial charge is 0.0159 e. The maximum atomic E-state index is 2.46. The maximum absolute atomic E-state index is 2.46. The van der Waals surface area contributed by atoms with E-state index in [4.69, 9.17) is 0 Å². The summed E-state index contributed by atoms with van der Waals surface area (Å²) < 4.78 is 0. The van der Waals surface area contributed by atoms with Crippen LogP contribution in [0.25, 0.3) is 98.4 Å². The van der Waals surface area contributed by atoms with Crippen LogP contribution in [0.1, 0.15) is 25.0 Å². The Morgan fingerprint density at radius 3 is 1.51 bits per heavy atom. The van der Waals surface area contributed by atoms with Gasteiger partial charge in [-0.2, -0.15) is 0 Å². The van der Waals surface area contributed by atoms with Crippen molar-refractivity contribution in [3.63, 3.8) is 0 Å². The van der Waals surface area contributed by atoms with Gasteiger partial charge in [0.05, 0.1) is 0 Å². The minimum Gasteiger partial charge on any atom is -0.0616 e. The second kappa shape index (κ2) is 11.2. The molecule has 0 heterocycles. The third kappa shape index (κ3) is 4.42. The first-order valence-electron chi connectivity index (χ1n) is 18.7. The van der Waals surface area contributed by atoms with Gasteiger partial charge in [-0.15, -0.1) is 0 Å². The molecule has 0 N–H and O–H groups in total. The molecule has 0 heteroatoms. The summed E-state index contributed by atoms with van der Waals surface area (Å²) in [6, 6.07) is 67.9. The van der Waals surface area contributed by atoms with Crippen LogP contribution < -0.4 is 0 Å². The van der Waals surface area contributed by atoms with Crippen molar-refractivity contribution in [1.82, 2.24) is 0 Å². The molecule has 0 nitrogen and oxygen atoms in total. The highest BCUT2D eigenvalue weighted by Crippen LogP contribution is 2.53. The van der Waals surface area contributed by atoms with E-state index in [9.17, 15) is 0 Å². The monoisotopic (exact) mass is 672 g/mol. The minimum atomic E-state index is -0.0608. The van der Waals surface area contributed by atoms with Crippen molar-refractivity contribution >= 4 is 53.9 Å². The van der Waals surface area contributed by atoms with Crippen LogP contribution in [-0.2, 0) is 5.41 Å². The molecule has 1 aliphatic rings. The molecule has 0 radical (unpaired) electrons. The Balaban J connectivity index is 1.13. The quantitative estimate of drug-likeness (QED) is 0.164. The molecular weight excluding hydrogens is 637 g/mol. The molecule has 248 valence electrons. The Morgan fingerprint density at radius 1 is 0.283 bits per heavy atom. The van der Waals surface area contributed by atoms with Crippen LogP contribution in [0, 0.1) is 0 Å². The largest absolute Gasteiger partial charge is 0.0616 e. The molecule has 53 heavy (non-hydrogen) atoms. The van der Waals surface area contributed by atoms with Crippen molar-refractivity contribution in [2.24, 2.45) is 0 Å². The fraction of sp³-hybridized carbons (Fsp3) is 0.0566. The van der Waals surface area contributed by atoms with Crippen LogP contribution in [0.4, 0.5) is 0 Å². The second-order valence-electron chi connectivity index (χ2n) is 15.2. The van der Waals surface area contributed by atoms with Crippen LogP contribution in [0.2, 0.25) is 0 Å². The summed E-state index contributed by atoms with van der Waals surface area (Å²) >= 11 is 0. The highest BCUT2D eigenvalue weighted by Gasteiger charge is 2.36. The average molecular weight is 673 g/mol. The summed E-state index contributed by atoms with van der Waals surface area (Å²) in [5.74, 6) is 0. The highest BCUT2D eigenvalue weighted by molar-refractivity contribution is 6.22. The molecule has 10 aromatic rings. The number of hydrogen-bond acceptors (Lipinski definition) is 0. The third-order valence-corrected chi connectivity index (χ3v) is 12.0. The number of hydrogen-bond donors (Lipinski definition) is 0. The van der Waals surface area contributed by atoms with Gasteiger partial charge in [-0.3, -0.25) is 0 Å². The van der Waals surface area contributed by atoms with Gasteiger partial charge in [0.2, 0.25) is 0 Å². The SMILES string of the molecule is CC1(C)c2cc3ccc(-c4c5ccccc5c(-c5cccc(-c6cccc7ccccc67)c5)c5ccccc45)cc3cc2-c2c1ccc1ccccc21. The van der Waals surface area contributed by atoms with E-state index in [1.165, 1.54) is 109 Å². The molecule has 0 saturated heterocycles. The number of fused-ring (bicyclic) bond motifs is 9. The lowest BCUT2D eigenvalue weighted by Gasteiger charge is -2.22. The fourth-order valence-electron chi connectivity index (χ4n) is 9.47. The predicted octanol–water partition coefficient (Wildman–Crippen LogP) is 14.8. The molecule has 0 amide bonds. The first-order chi connectivity index (χ1) is 26.0. The lowest BCUT2D eigenvalue weighted by molar-refractivity contribution is 0.661. The Bertz CT molecular complexity index is 3080. The predicted molar refractivity (Wildman–Crippen MR) is 228 cm³/mol. The van der Waals surface area contributed by atoms with E-state index in [2.05, 4.69) is 196 Å². The van der Waals surface area contributed by atoms with E-state index in [1.807, 2.05) is 0 Å². The molecule has 0 unspecified atom stereocenters. The summed E-state index contributed by atoms with van der Waals surface area (Å²) in [7, 11) is 0. The van der Waals surface area contributed by atoms with Gasteiger partial charge in [0.25, 0.3) is 0 Å². The highest BCUT2D eigenvalue weighted by atomic mass is 14.4. The Morgan fingerprint density at radius 2 is 0.811 bits per heavy atom. The van der Waals surface area contributed by atoms with Crippen molar-refractivity contribution in [3.8, 4) is 44.5 Å². The zero-order valence-electron chi connectivity index (χ0n) is 29.8. The van der Waals surface area contributed by atoms with E-state index >= 15 is 0 Å². The zero-order valence-corrected chi connectivity index (χ0v) is 29.8. The van der Waals surface area contributed by atoms with Gasteiger partial charge >= 0.3 is 0 Å². The van der Waals surface area contributed by atoms with Gasteiger partial charge in [-0.25, -0.2) is 0 Å². The van der Waals surface area contributed by atoms with Crippen LogP contribution in [0.3, 0.4) is 0 Å². The van der Waals surface area contributed by atoms with Crippen LogP contribution in [0.15, 0.2) is 182 Å². The summed E-state index contributed by atoms with van der Waals surface area (Å²) in [6.45, 7) is 4.76. The Kier molecular flexibility index (Phi) is 6.40. The van der Waals surface area contributed by atoms with E-state index < -0.39 is 0 Å². The second-order valence-corrected chi connectivity index (χ2v) is 15.2. The summed E-state index contributed by atoms with van der Waals surface area (Å²) in [6.07, 6.45) is 0. The molecule has 0 saturated carbocycles. The summed E-state index contributed by atoms with van der Waals surface area (Å²) in [4.78, 5) is 0. The van der Waals surface area contributed by atoms with Crippen LogP contribution >= 0.6 is 0 Å². The van der Waals surface area contributed by atoms with Gasteiger partial charge in [0, 0.05) is 5.41 Å². The van der Waals surface area contributed by atoms with Crippen molar-refractivity contribution < 1.29 is 0 Å². The molecule has 0 fully saturated rings. The van der Waals surface area contributed by atoms with Crippen molar-refractivity contribution in [2.75, 3.05) is 0 Å². The van der Waals surface area contributed by atoms with Gasteiger partial charge in [-0.1, -0.05) is 172 Å². The Hall–Kier alpha value is -6.50. The molecule has 0 aliphatic heterocycles. The summed E-state index contributed by atoms with van der Waals surface area (Å²) in [5.41, 5.74) is 13.1. The van der Waals surface area contributed by atoms with Gasteiger partial charge in [-0.05, 0) is 134 Å². The molecule has 0 aromatic heterocycles. The average Bonchev–Trinajstić information content (AvgIpc) is 3.43. The first kappa shape index (κ1) is 30.2. The van der Waals surface area contributed by atoms with E-state index in [1.54, 1.807) is 0 Å². The molecule has 0 atom stereocenters. The zero-order chi connectivity index (χ0) is 35.3. The van der Waals surface area contributed by atoms with Gasteiger partial charge in [0.15, 0.2) is 0 Å². The minimum absolute atomic E-state index is 0.0608. The van der Waals surface area contributed by atoms with Crippen LogP contribution in [0.5, 0.6) is 0 Å². The number of benzene rings is 10. The lowest BCUT2D eigenvalue weighted by Crippen LogP contribution is -2.14. The van der Waals surface area contributed by atoms with E-state index in [-0.39, 0.29) is 5.41 Å². The molecular formula is C53H36. The maximum Gasteiger partial charge on any atom is 0.0159 e. The molecule has 0 spiro atoms. The van der Waals surface area contributed by atoms with Gasteiger partial charge in [0.1, 0.15) is 0 Å². The van der Waals surface area contributed by atoms with Crippen LogP contribution in [-0.4, -0.2) is 0 Å². The van der Waals surface area contributed by atoms with Crippen molar-refractivity contribution in [1.29, 1.82) is 0 Å². The fourth-order valence-corrected chi connectivity index (χ4v) is 9.47. The third-order valence-electron chi connectivity index (χ3n) is 12.0. The molecule has 11 rings (SSSR count). The Labute approximate surface area is 309 Å². The van der Waals surface area contributed by atoms with Crippen molar-refractivity contribution in [3.05, 3.63) is 193 Å². The summed E-state index contributed by atoms with van der Waals surface area (Å²) in [5, 5.41) is 12.8. The molecule has 0 bridgehead atoms. The van der Waals surface area contributed by atoms with E-state index in [0.29, 0.717) is 0 Å². The molecule has 10 aromatic carbocycles. The number of rotatable bonds is 3.